The summed E-state index contributed by atoms with van der Waals surface area (Å²) in [6, 6.07) is -0.613. The van der Waals surface area contributed by atoms with Crippen LogP contribution in [0.2, 0.25) is 0 Å². The molecule has 1 unspecified atom stereocenters. The van der Waals surface area contributed by atoms with Crippen LogP contribution in [-0.4, -0.2) is 93.1 Å². The van der Waals surface area contributed by atoms with E-state index in [2.05, 4.69) is 54.3 Å². The number of terminal acetylenes is 2. The summed E-state index contributed by atoms with van der Waals surface area (Å²) in [5, 5.41) is 15.7. The molecule has 2 amide bonds. The summed E-state index contributed by atoms with van der Waals surface area (Å²) in [4.78, 5) is 48.4. The van der Waals surface area contributed by atoms with Crippen molar-refractivity contribution in [3.63, 3.8) is 0 Å². The van der Waals surface area contributed by atoms with E-state index in [-0.39, 0.29) is 24.8 Å². The Morgan fingerprint density at radius 2 is 1.59 bits per heavy atom. The third kappa shape index (κ3) is 29.4. The van der Waals surface area contributed by atoms with Crippen molar-refractivity contribution in [1.82, 2.24) is 20.4 Å². The van der Waals surface area contributed by atoms with E-state index in [0.29, 0.717) is 32.5 Å². The van der Waals surface area contributed by atoms with Gasteiger partial charge in [0.15, 0.2) is 6.29 Å². The monoisotopic (exact) mass is 674 g/mol. The minimum absolute atomic E-state index is 0.0409. The highest BCUT2D eigenvalue weighted by atomic mass is 31.1. The van der Waals surface area contributed by atoms with Gasteiger partial charge in [-0.05, 0) is 26.2 Å². The summed E-state index contributed by atoms with van der Waals surface area (Å²) < 4.78 is 22.1. The maximum Gasteiger partial charge on any atom is 0.323 e. The minimum Gasteiger partial charge on any atom is -0.465 e. The molecule has 1 aliphatic heterocycles. The summed E-state index contributed by atoms with van der Waals surface area (Å²) in [5.41, 5.74) is 0. The molecule has 266 valence electrons. The number of carbonyl (C=O) groups is 4. The van der Waals surface area contributed by atoms with Gasteiger partial charge in [0.2, 0.25) is 12.3 Å². The van der Waals surface area contributed by atoms with E-state index in [4.69, 9.17) is 24.1 Å². The van der Waals surface area contributed by atoms with Crippen molar-refractivity contribution < 1.29 is 43.2 Å². The number of aliphatic hydroxyl groups excluding tert-OH is 1. The third-order valence-corrected chi connectivity index (χ3v) is 6.71. The molecule has 4 N–H and O–H groups in total. The van der Waals surface area contributed by atoms with E-state index in [9.17, 15) is 19.2 Å². The number of nitrogens with zero attached hydrogens (tertiary/aromatic N) is 1. The molecule has 0 spiro atoms. The van der Waals surface area contributed by atoms with E-state index < -0.39 is 32.8 Å². The number of rotatable bonds is 19. The van der Waals surface area contributed by atoms with E-state index in [0.717, 1.165) is 32.8 Å². The Balaban J connectivity index is -0.000000508. The van der Waals surface area contributed by atoms with Gasteiger partial charge in [0.05, 0.1) is 34.3 Å². The van der Waals surface area contributed by atoms with E-state index in [1.807, 2.05) is 27.7 Å². The molecule has 14 heteroatoms. The summed E-state index contributed by atoms with van der Waals surface area (Å²) in [6.07, 6.45) is 22.6. The number of likely N-dealkylation sites (N-methyl/N-ethyl adjacent to an activating group) is 1. The van der Waals surface area contributed by atoms with Crippen molar-refractivity contribution >= 4 is 32.5 Å². The Kier molecular flexibility index (Phi) is 47.4. The number of ether oxygens (including phenoxy) is 4. The van der Waals surface area contributed by atoms with Gasteiger partial charge in [-0.15, -0.1) is 38.9 Å². The zero-order valence-electron chi connectivity index (χ0n) is 28.9. The van der Waals surface area contributed by atoms with Crippen molar-refractivity contribution in [2.75, 3.05) is 40.3 Å². The van der Waals surface area contributed by atoms with E-state index in [1.165, 1.54) is 24.2 Å². The number of amides is 2. The number of nitrogens with one attached hydrogen (secondary N) is 3. The number of unbranched alkanes of at least 4 members (excludes halogenated alkanes) is 2. The number of aliphatic hydroxyl groups is 1. The highest BCUT2D eigenvalue weighted by Gasteiger charge is 2.30. The first-order valence-corrected chi connectivity index (χ1v) is 16.5. The summed E-state index contributed by atoms with van der Waals surface area (Å²) in [6.45, 7) is 16.4. The van der Waals surface area contributed by atoms with Gasteiger partial charge in [0, 0.05) is 32.9 Å². The smallest absolute Gasteiger partial charge is 0.323 e. The number of esters is 2. The van der Waals surface area contributed by atoms with Crippen LogP contribution in [0.4, 0.5) is 0 Å². The number of hydrogen-bond acceptors (Lipinski definition) is 11. The molecule has 1 fully saturated rings. The molecule has 1 rings (SSSR count). The molecule has 0 radical (unpaired) electrons. The standard InChI is InChI=1S/C23H41N4O8P.C2H6.C2H4.2C2H2.CH4O/c1-5-7-13-32-21(30)15-25-36(26-18(3)23(31)33-14-8-6-2)17-34-22-10-9-20(35-22)27(16-28)12-11-19(29)24-4;5*1-2/h11-12,16,18,20,22,25-26H,5-10,13-15,17H2,1-4H3,(H,24,29);1-2H3;1-2H2;2*1-2H;2H,1H3/b12-11-;;;;;/t18-,20+,22-,36?;;;;;/m0...../s1. The maximum atomic E-state index is 12.3. The van der Waals surface area contributed by atoms with Crippen LogP contribution in [0.3, 0.4) is 0 Å². The van der Waals surface area contributed by atoms with Gasteiger partial charge in [0.1, 0.15) is 12.3 Å². The third-order valence-electron chi connectivity index (χ3n) is 5.07. The average Bonchev–Trinajstić information content (AvgIpc) is 3.59. The molecule has 1 heterocycles. The predicted molar refractivity (Wildman–Crippen MR) is 185 cm³/mol. The lowest BCUT2D eigenvalue weighted by Gasteiger charge is -2.25. The Hall–Kier alpha value is -3.29. The van der Waals surface area contributed by atoms with Crippen molar-refractivity contribution in [2.24, 2.45) is 0 Å². The fourth-order valence-corrected chi connectivity index (χ4v) is 4.39. The molecule has 46 heavy (non-hydrogen) atoms. The first-order chi connectivity index (χ1) is 22.3. The second-order valence-corrected chi connectivity index (χ2v) is 9.77. The lowest BCUT2D eigenvalue weighted by molar-refractivity contribution is -0.155. The summed E-state index contributed by atoms with van der Waals surface area (Å²) >= 11 is 0. The van der Waals surface area contributed by atoms with Gasteiger partial charge in [-0.3, -0.25) is 34.3 Å². The van der Waals surface area contributed by atoms with E-state index >= 15 is 0 Å². The molecule has 13 nitrogen and oxygen atoms in total. The minimum atomic E-state index is -1.32. The van der Waals surface area contributed by atoms with Crippen LogP contribution in [0.15, 0.2) is 25.4 Å². The Labute approximate surface area is 279 Å². The Bertz CT molecular complexity index is 807. The van der Waals surface area contributed by atoms with Gasteiger partial charge in [-0.1, -0.05) is 40.5 Å². The molecule has 4 atom stereocenters. The molecule has 0 bridgehead atoms. The van der Waals surface area contributed by atoms with Gasteiger partial charge in [-0.2, -0.15) is 0 Å². The molecule has 0 aromatic heterocycles. The van der Waals surface area contributed by atoms with Crippen molar-refractivity contribution in [3.8, 4) is 25.7 Å². The largest absolute Gasteiger partial charge is 0.465 e. The Morgan fingerprint density at radius 1 is 1.04 bits per heavy atom. The molecule has 1 saturated heterocycles. The van der Waals surface area contributed by atoms with Crippen LogP contribution >= 0.6 is 8.22 Å². The van der Waals surface area contributed by atoms with Crippen LogP contribution in [0.1, 0.15) is 73.1 Å². The number of hydrogen-bond donors (Lipinski definition) is 4. The van der Waals surface area contributed by atoms with Crippen molar-refractivity contribution in [3.05, 3.63) is 25.4 Å². The number of carbonyl (C=O) groups excluding carboxylic acids is 4. The van der Waals surface area contributed by atoms with E-state index in [1.54, 1.807) is 6.92 Å². The molecule has 0 saturated carbocycles. The van der Waals surface area contributed by atoms with Crippen LogP contribution in [0, 0.1) is 25.7 Å². The summed E-state index contributed by atoms with van der Waals surface area (Å²) in [5.74, 6) is -1.12. The lowest BCUT2D eigenvalue weighted by Crippen LogP contribution is -2.38. The van der Waals surface area contributed by atoms with Gasteiger partial charge in [0.25, 0.3) is 0 Å². The van der Waals surface area contributed by atoms with Crippen LogP contribution in [0.5, 0.6) is 0 Å². The highest BCUT2D eigenvalue weighted by Crippen LogP contribution is 2.30. The average molecular weight is 675 g/mol. The van der Waals surface area contributed by atoms with Crippen LogP contribution in [0.25, 0.3) is 0 Å². The summed E-state index contributed by atoms with van der Waals surface area (Å²) in [7, 11) is 1.17. The molecular formula is C32H59N4O9P. The van der Waals surface area contributed by atoms with Crippen molar-refractivity contribution in [1.29, 1.82) is 0 Å². The Morgan fingerprint density at radius 3 is 2.09 bits per heavy atom. The zero-order chi connectivity index (χ0) is 36.8. The first-order valence-electron chi connectivity index (χ1n) is 14.9. The fraction of sp³-hybridized carbons (Fsp3) is 0.625. The van der Waals surface area contributed by atoms with Gasteiger partial charge < -0.3 is 29.4 Å². The lowest BCUT2D eigenvalue weighted by atomic mass is 10.3. The zero-order valence-corrected chi connectivity index (χ0v) is 29.8. The molecule has 0 aromatic carbocycles. The molecule has 1 aliphatic rings. The first kappa shape index (κ1) is 52.3. The van der Waals surface area contributed by atoms with Crippen LogP contribution in [-0.2, 0) is 38.1 Å². The second kappa shape index (κ2) is 41.7. The maximum absolute atomic E-state index is 12.3. The molecular weight excluding hydrogens is 615 g/mol. The highest BCUT2D eigenvalue weighted by molar-refractivity contribution is 7.53. The molecule has 0 aliphatic carbocycles. The topological polar surface area (TPSA) is 165 Å². The van der Waals surface area contributed by atoms with Gasteiger partial charge in [-0.25, -0.2) is 0 Å². The normalized spacial score (nSPS) is 15.3. The predicted octanol–water partition coefficient (Wildman–Crippen LogP) is 3.64. The quantitative estimate of drug-likeness (QED) is 0.0301. The molecule has 0 aromatic rings. The van der Waals surface area contributed by atoms with Crippen LogP contribution < -0.4 is 15.5 Å². The fourth-order valence-electron chi connectivity index (χ4n) is 2.92. The van der Waals surface area contributed by atoms with Gasteiger partial charge >= 0.3 is 11.9 Å². The van der Waals surface area contributed by atoms with Crippen molar-refractivity contribution in [2.45, 2.75) is 91.7 Å². The second-order valence-electron chi connectivity index (χ2n) is 8.08. The SMILES string of the molecule is C#C.C#C.C=C.CC.CCCCOC(=O)CNP(CO[C@@H]1CC[C@H](N(C=O)/C=C\C(=O)NC)O1)N[C@@H](C)C(=O)OCCCC.CO.